The predicted octanol–water partition coefficient (Wildman–Crippen LogP) is -1.97. The summed E-state index contributed by atoms with van der Waals surface area (Å²) in [7, 11) is 0. The first kappa shape index (κ1) is 15.7. The van der Waals surface area contributed by atoms with E-state index in [1.165, 1.54) is 4.90 Å². The lowest BCUT2D eigenvalue weighted by atomic mass is 9.99. The minimum Gasteiger partial charge on any atom is -0.481 e. The summed E-state index contributed by atoms with van der Waals surface area (Å²) in [5.41, 5.74) is 10.0. The quantitative estimate of drug-likeness (QED) is 0.536. The molecule has 1 heterocycles. The number of carbonyl (C=O) groups excluding carboxylic acids is 3. The molecule has 0 unspecified atom stereocenters. The number of hydrogen-bond donors (Lipinski definition) is 3. The zero-order valence-corrected chi connectivity index (χ0v) is 11.1. The van der Waals surface area contributed by atoms with Crippen LogP contribution in [0.2, 0.25) is 0 Å². The monoisotopic (exact) mass is 286 g/mol. The van der Waals surface area contributed by atoms with Crippen molar-refractivity contribution < 1.29 is 24.3 Å². The van der Waals surface area contributed by atoms with Gasteiger partial charge in [0.1, 0.15) is 13.1 Å². The van der Waals surface area contributed by atoms with Gasteiger partial charge < -0.3 is 26.4 Å². The van der Waals surface area contributed by atoms with E-state index in [9.17, 15) is 19.2 Å². The topological polar surface area (TPSA) is 147 Å². The number of nitrogens with two attached hydrogens (primary N) is 2. The second-order valence-corrected chi connectivity index (χ2v) is 4.90. The summed E-state index contributed by atoms with van der Waals surface area (Å²) in [4.78, 5) is 47.2. The minimum atomic E-state index is -0.982. The third kappa shape index (κ3) is 3.84. The van der Waals surface area contributed by atoms with Crippen LogP contribution in [0.15, 0.2) is 0 Å². The van der Waals surface area contributed by atoms with Gasteiger partial charge in [0.25, 0.3) is 0 Å². The lowest BCUT2D eigenvalue weighted by molar-refractivity contribution is -0.142. The van der Waals surface area contributed by atoms with Crippen LogP contribution in [0.5, 0.6) is 0 Å². The smallest absolute Gasteiger partial charge is 0.320 e. The maximum Gasteiger partial charge on any atom is 0.320 e. The van der Waals surface area contributed by atoms with Crippen LogP contribution in [0.25, 0.3) is 0 Å². The molecule has 1 rings (SSSR count). The number of amides is 4. The Morgan fingerprint density at radius 3 is 2.00 bits per heavy atom. The number of hydrogen-bond acceptors (Lipinski definition) is 4. The molecule has 4 amide bonds. The van der Waals surface area contributed by atoms with Crippen molar-refractivity contribution in [2.24, 2.45) is 23.3 Å². The molecule has 1 aliphatic rings. The molecule has 1 aliphatic heterocycles. The van der Waals surface area contributed by atoms with E-state index in [2.05, 4.69) is 0 Å². The molecule has 0 aliphatic carbocycles. The summed E-state index contributed by atoms with van der Waals surface area (Å²) in [6.45, 7) is 1.11. The van der Waals surface area contributed by atoms with Crippen LogP contribution in [0.3, 0.4) is 0 Å². The van der Waals surface area contributed by atoms with Crippen LogP contribution in [-0.2, 0) is 14.4 Å². The highest BCUT2D eigenvalue weighted by Crippen LogP contribution is 2.24. The second-order valence-electron chi connectivity index (χ2n) is 4.90. The molecule has 0 aromatic heterocycles. The summed E-state index contributed by atoms with van der Waals surface area (Å²) in [6.07, 6.45) is 0. The zero-order chi connectivity index (χ0) is 15.4. The van der Waals surface area contributed by atoms with Gasteiger partial charge in [0, 0.05) is 13.1 Å². The summed E-state index contributed by atoms with van der Waals surface area (Å²) < 4.78 is 0. The van der Waals surface area contributed by atoms with Gasteiger partial charge in [0.05, 0.1) is 5.92 Å². The van der Waals surface area contributed by atoms with Crippen molar-refractivity contribution in [3.63, 3.8) is 0 Å². The average Bonchev–Trinajstić information content (AvgIpc) is 2.68. The number of primary amides is 2. The highest BCUT2D eigenvalue weighted by atomic mass is 16.4. The van der Waals surface area contributed by atoms with Gasteiger partial charge in [-0.3, -0.25) is 14.4 Å². The maximum absolute atomic E-state index is 12.2. The Morgan fingerprint density at radius 1 is 1.15 bits per heavy atom. The first-order valence-electron chi connectivity index (χ1n) is 6.05. The Hall–Kier alpha value is -2.32. The SMILES string of the molecule is C[C@@H]1CN(C(=O)N(CC(N)=O)CC(N)=O)C[C@H]1C(=O)O. The van der Waals surface area contributed by atoms with Crippen LogP contribution in [0, 0.1) is 11.8 Å². The van der Waals surface area contributed by atoms with Gasteiger partial charge in [-0.25, -0.2) is 4.79 Å². The number of carbonyl (C=O) groups is 4. The number of carboxylic acids is 1. The van der Waals surface area contributed by atoms with E-state index in [4.69, 9.17) is 16.6 Å². The van der Waals surface area contributed by atoms with E-state index >= 15 is 0 Å². The van der Waals surface area contributed by atoms with E-state index in [1.807, 2.05) is 0 Å². The Labute approximate surface area is 115 Å². The Morgan fingerprint density at radius 2 is 1.65 bits per heavy atom. The predicted molar refractivity (Wildman–Crippen MR) is 67.2 cm³/mol. The molecule has 0 saturated carbocycles. The summed E-state index contributed by atoms with van der Waals surface area (Å²) >= 11 is 0. The van der Waals surface area contributed by atoms with E-state index in [0.717, 1.165) is 4.90 Å². The zero-order valence-electron chi connectivity index (χ0n) is 11.1. The molecule has 1 fully saturated rings. The highest BCUT2D eigenvalue weighted by Gasteiger charge is 2.38. The largest absolute Gasteiger partial charge is 0.481 e. The molecular formula is C11H18N4O5. The molecule has 5 N–H and O–H groups in total. The molecule has 0 bridgehead atoms. The molecule has 0 radical (unpaired) electrons. The summed E-state index contributed by atoms with van der Waals surface area (Å²) in [5.74, 6) is -3.41. The van der Waals surface area contributed by atoms with E-state index in [-0.39, 0.29) is 19.0 Å². The Bertz CT molecular complexity index is 423. The lowest BCUT2D eigenvalue weighted by Gasteiger charge is -2.26. The molecule has 0 aromatic rings. The average molecular weight is 286 g/mol. The van der Waals surface area contributed by atoms with Crippen molar-refractivity contribution in [1.82, 2.24) is 9.80 Å². The van der Waals surface area contributed by atoms with Gasteiger partial charge in [0.2, 0.25) is 11.8 Å². The normalized spacial score (nSPS) is 21.6. The number of carboxylic acid groups (broad SMARTS) is 1. The molecule has 1 saturated heterocycles. The fraction of sp³-hybridized carbons (Fsp3) is 0.636. The highest BCUT2D eigenvalue weighted by molar-refractivity contribution is 5.87. The van der Waals surface area contributed by atoms with Crippen LogP contribution in [0.1, 0.15) is 6.92 Å². The van der Waals surface area contributed by atoms with E-state index < -0.39 is 42.8 Å². The lowest BCUT2D eigenvalue weighted by Crippen LogP contribution is -2.49. The molecule has 9 nitrogen and oxygen atoms in total. The van der Waals surface area contributed by atoms with Crippen molar-refractivity contribution in [3.8, 4) is 0 Å². The second kappa shape index (κ2) is 6.22. The van der Waals surface area contributed by atoms with E-state index in [1.54, 1.807) is 6.92 Å². The molecular weight excluding hydrogens is 268 g/mol. The number of urea groups is 1. The van der Waals surface area contributed by atoms with Crippen molar-refractivity contribution in [2.45, 2.75) is 6.92 Å². The number of rotatable bonds is 5. The van der Waals surface area contributed by atoms with Crippen molar-refractivity contribution >= 4 is 23.8 Å². The first-order chi connectivity index (χ1) is 9.22. The number of nitrogens with zero attached hydrogens (tertiary/aromatic N) is 2. The van der Waals surface area contributed by atoms with Crippen molar-refractivity contribution in [2.75, 3.05) is 26.2 Å². The van der Waals surface area contributed by atoms with Crippen molar-refractivity contribution in [1.29, 1.82) is 0 Å². The van der Waals surface area contributed by atoms with Gasteiger partial charge in [-0.1, -0.05) is 6.92 Å². The molecule has 0 spiro atoms. The van der Waals surface area contributed by atoms with Crippen LogP contribution in [-0.4, -0.2) is 64.9 Å². The molecule has 112 valence electrons. The molecule has 0 aromatic carbocycles. The third-order valence-electron chi connectivity index (χ3n) is 3.16. The van der Waals surface area contributed by atoms with Gasteiger partial charge in [-0.2, -0.15) is 0 Å². The van der Waals surface area contributed by atoms with Crippen LogP contribution < -0.4 is 11.5 Å². The number of aliphatic carboxylic acids is 1. The van der Waals surface area contributed by atoms with Crippen LogP contribution >= 0.6 is 0 Å². The first-order valence-corrected chi connectivity index (χ1v) is 6.05. The van der Waals surface area contributed by atoms with E-state index in [0.29, 0.717) is 0 Å². The van der Waals surface area contributed by atoms with Crippen molar-refractivity contribution in [3.05, 3.63) is 0 Å². The maximum atomic E-state index is 12.2. The number of likely N-dealkylation sites (tertiary alicyclic amines) is 1. The fourth-order valence-corrected chi connectivity index (χ4v) is 2.21. The van der Waals surface area contributed by atoms with Gasteiger partial charge >= 0.3 is 12.0 Å². The third-order valence-corrected chi connectivity index (χ3v) is 3.16. The summed E-state index contributed by atoms with van der Waals surface area (Å²) in [5, 5.41) is 9.01. The van der Waals surface area contributed by atoms with Crippen LogP contribution in [0.4, 0.5) is 4.79 Å². The standard InChI is InChI=1S/C11H18N4O5/c1-6-2-14(3-7(6)10(18)19)11(20)15(4-8(12)16)5-9(13)17/h6-7H,2-5H2,1H3,(H2,12,16)(H2,13,17)(H,18,19)/t6-,7-/m1/s1. The van der Waals surface area contributed by atoms with Gasteiger partial charge in [-0.15, -0.1) is 0 Å². The Balaban J connectivity index is 2.77. The fourth-order valence-electron chi connectivity index (χ4n) is 2.21. The Kier molecular flexibility index (Phi) is 4.89. The molecule has 9 heteroatoms. The minimum absolute atomic E-state index is 0.0311. The van der Waals surface area contributed by atoms with Gasteiger partial charge in [-0.05, 0) is 5.92 Å². The van der Waals surface area contributed by atoms with Gasteiger partial charge in [0.15, 0.2) is 0 Å². The molecule has 2 atom stereocenters. The molecule has 20 heavy (non-hydrogen) atoms. The summed E-state index contributed by atoms with van der Waals surface area (Å²) in [6, 6.07) is -0.613.